The number of hydrogen-bond donors (Lipinski definition) is 3. The van der Waals surface area contributed by atoms with Crippen LogP contribution in [0, 0.1) is 6.92 Å². The number of anilines is 2. The molecule has 0 atom stereocenters. The molecule has 0 aliphatic heterocycles. The number of carbonyl (C=O) groups is 1. The minimum atomic E-state index is -0.565. The first-order valence-electron chi connectivity index (χ1n) is 7.46. The molecule has 0 radical (unpaired) electrons. The predicted molar refractivity (Wildman–Crippen MR) is 96.7 cm³/mol. The summed E-state index contributed by atoms with van der Waals surface area (Å²) in [6.45, 7) is 2.02. The van der Waals surface area contributed by atoms with E-state index in [9.17, 15) is 9.59 Å². The van der Waals surface area contributed by atoms with Crippen molar-refractivity contribution in [3.63, 3.8) is 0 Å². The Morgan fingerprint density at radius 3 is 2.80 bits per heavy atom. The van der Waals surface area contributed by atoms with Crippen LogP contribution in [0.15, 0.2) is 57.0 Å². The molecular formula is C17H16N4O3S. The summed E-state index contributed by atoms with van der Waals surface area (Å²) < 4.78 is 4.98. The number of amides is 1. The molecule has 8 heteroatoms. The number of furan rings is 1. The van der Waals surface area contributed by atoms with Crippen molar-refractivity contribution in [3.05, 3.63) is 69.9 Å². The molecule has 1 amide bonds. The van der Waals surface area contributed by atoms with Crippen LogP contribution in [0.25, 0.3) is 0 Å². The summed E-state index contributed by atoms with van der Waals surface area (Å²) in [5.41, 5.74) is 7.53. The van der Waals surface area contributed by atoms with E-state index in [0.717, 1.165) is 11.1 Å². The number of nitrogens with one attached hydrogen (secondary N) is 2. The van der Waals surface area contributed by atoms with Crippen molar-refractivity contribution in [2.75, 3.05) is 11.1 Å². The molecule has 0 spiro atoms. The largest absolute Gasteiger partial charge is 0.459 e. The van der Waals surface area contributed by atoms with Crippen molar-refractivity contribution >= 4 is 29.2 Å². The number of rotatable bonds is 5. The molecule has 1 aromatic carbocycles. The Morgan fingerprint density at radius 2 is 2.12 bits per heavy atom. The van der Waals surface area contributed by atoms with E-state index in [1.54, 1.807) is 6.07 Å². The molecular weight excluding hydrogens is 340 g/mol. The Bertz CT molecular complexity index is 951. The molecule has 2 heterocycles. The van der Waals surface area contributed by atoms with Crippen molar-refractivity contribution in [1.29, 1.82) is 0 Å². The van der Waals surface area contributed by atoms with Crippen LogP contribution in [0.5, 0.6) is 0 Å². The van der Waals surface area contributed by atoms with Gasteiger partial charge in [-0.2, -0.15) is 0 Å². The maximum absolute atomic E-state index is 12.2. The van der Waals surface area contributed by atoms with E-state index in [1.165, 1.54) is 24.1 Å². The number of benzene rings is 1. The number of aromatic amines is 1. The monoisotopic (exact) mass is 356 g/mol. The van der Waals surface area contributed by atoms with E-state index >= 15 is 0 Å². The quantitative estimate of drug-likeness (QED) is 0.478. The third-order valence-corrected chi connectivity index (χ3v) is 4.46. The van der Waals surface area contributed by atoms with Gasteiger partial charge in [-0.3, -0.25) is 14.6 Å². The number of aromatic nitrogens is 2. The molecule has 0 bridgehead atoms. The second-order valence-electron chi connectivity index (χ2n) is 5.28. The lowest BCUT2D eigenvalue weighted by Crippen LogP contribution is -2.22. The first-order chi connectivity index (χ1) is 12.0. The van der Waals surface area contributed by atoms with Crippen LogP contribution in [0.4, 0.5) is 11.5 Å². The highest BCUT2D eigenvalue weighted by molar-refractivity contribution is 7.98. The van der Waals surface area contributed by atoms with Crippen molar-refractivity contribution in [1.82, 2.24) is 9.97 Å². The normalized spacial score (nSPS) is 10.6. The summed E-state index contributed by atoms with van der Waals surface area (Å²) in [6, 6.07) is 11.0. The predicted octanol–water partition coefficient (Wildman–Crippen LogP) is 2.80. The van der Waals surface area contributed by atoms with Crippen molar-refractivity contribution in [2.45, 2.75) is 17.8 Å². The third kappa shape index (κ3) is 3.92. The summed E-state index contributed by atoms with van der Waals surface area (Å²) in [5.74, 6) is 0.115. The number of nitrogen functional groups attached to an aromatic ring is 1. The van der Waals surface area contributed by atoms with Crippen molar-refractivity contribution in [3.8, 4) is 0 Å². The van der Waals surface area contributed by atoms with Gasteiger partial charge in [-0.1, -0.05) is 36.0 Å². The minimum absolute atomic E-state index is 0.0454. The molecule has 0 saturated carbocycles. The molecule has 2 aromatic heterocycles. The lowest BCUT2D eigenvalue weighted by Gasteiger charge is -2.08. The van der Waals surface area contributed by atoms with Crippen LogP contribution in [-0.4, -0.2) is 15.9 Å². The molecule has 128 valence electrons. The molecule has 3 rings (SSSR count). The van der Waals surface area contributed by atoms with Gasteiger partial charge in [0.05, 0.1) is 6.26 Å². The SMILES string of the molecule is Cc1ccccc1CSc1nc(N)c(NC(=O)c2ccco2)c(=O)[nH]1. The van der Waals surface area contributed by atoms with Gasteiger partial charge in [-0.05, 0) is 30.2 Å². The highest BCUT2D eigenvalue weighted by Crippen LogP contribution is 2.22. The van der Waals surface area contributed by atoms with Gasteiger partial charge in [-0.25, -0.2) is 4.98 Å². The Hall–Kier alpha value is -3.00. The molecule has 4 N–H and O–H groups in total. The molecule has 3 aromatic rings. The molecule has 0 aliphatic carbocycles. The van der Waals surface area contributed by atoms with Gasteiger partial charge in [0.1, 0.15) is 0 Å². The zero-order valence-corrected chi connectivity index (χ0v) is 14.2. The smallest absolute Gasteiger partial charge is 0.291 e. The Kier molecular flexibility index (Phi) is 4.90. The highest BCUT2D eigenvalue weighted by atomic mass is 32.2. The summed E-state index contributed by atoms with van der Waals surface area (Å²) in [5, 5.41) is 2.81. The molecule has 25 heavy (non-hydrogen) atoms. The van der Waals surface area contributed by atoms with Crippen LogP contribution in [0.2, 0.25) is 0 Å². The average molecular weight is 356 g/mol. The third-order valence-electron chi connectivity index (χ3n) is 3.53. The zero-order valence-electron chi connectivity index (χ0n) is 13.4. The Morgan fingerprint density at radius 1 is 1.32 bits per heavy atom. The van der Waals surface area contributed by atoms with Crippen LogP contribution >= 0.6 is 11.8 Å². The lowest BCUT2D eigenvalue weighted by atomic mass is 10.1. The summed E-state index contributed by atoms with van der Waals surface area (Å²) in [7, 11) is 0. The summed E-state index contributed by atoms with van der Waals surface area (Å²) in [6.07, 6.45) is 1.37. The van der Waals surface area contributed by atoms with Crippen LogP contribution < -0.4 is 16.6 Å². The zero-order chi connectivity index (χ0) is 17.8. The number of nitrogens with two attached hydrogens (primary N) is 1. The average Bonchev–Trinajstić information content (AvgIpc) is 3.12. The van der Waals surface area contributed by atoms with E-state index in [2.05, 4.69) is 15.3 Å². The van der Waals surface area contributed by atoms with E-state index in [0.29, 0.717) is 10.9 Å². The molecule has 0 aliphatic rings. The number of aryl methyl sites for hydroxylation is 1. The van der Waals surface area contributed by atoms with Crippen LogP contribution in [0.3, 0.4) is 0 Å². The van der Waals surface area contributed by atoms with Gasteiger partial charge in [0, 0.05) is 5.75 Å². The van der Waals surface area contributed by atoms with E-state index < -0.39 is 11.5 Å². The Labute approximate surface area is 147 Å². The van der Waals surface area contributed by atoms with Gasteiger partial charge in [0.15, 0.2) is 22.4 Å². The number of thioether (sulfide) groups is 1. The summed E-state index contributed by atoms with van der Waals surface area (Å²) >= 11 is 1.36. The highest BCUT2D eigenvalue weighted by Gasteiger charge is 2.15. The van der Waals surface area contributed by atoms with Crippen LogP contribution in [0.1, 0.15) is 21.7 Å². The van der Waals surface area contributed by atoms with E-state index in [-0.39, 0.29) is 17.3 Å². The fraction of sp³-hybridized carbons (Fsp3) is 0.118. The fourth-order valence-corrected chi connectivity index (χ4v) is 3.10. The lowest BCUT2D eigenvalue weighted by molar-refractivity contribution is 0.0996. The fourth-order valence-electron chi connectivity index (χ4n) is 2.16. The van der Waals surface area contributed by atoms with E-state index in [4.69, 9.17) is 10.2 Å². The molecule has 0 fully saturated rings. The van der Waals surface area contributed by atoms with Gasteiger partial charge in [0.25, 0.3) is 11.5 Å². The van der Waals surface area contributed by atoms with Gasteiger partial charge in [-0.15, -0.1) is 0 Å². The maximum Gasteiger partial charge on any atom is 0.291 e. The maximum atomic E-state index is 12.2. The molecule has 0 unspecified atom stereocenters. The first kappa shape index (κ1) is 16.8. The number of H-pyrrole nitrogens is 1. The number of carbonyl (C=O) groups excluding carboxylic acids is 1. The number of hydrogen-bond acceptors (Lipinski definition) is 6. The molecule has 7 nitrogen and oxygen atoms in total. The van der Waals surface area contributed by atoms with Crippen molar-refractivity contribution in [2.24, 2.45) is 0 Å². The standard InChI is InChI=1S/C17H16N4O3S/c1-10-5-2-3-6-11(10)9-25-17-20-14(18)13(16(23)21-17)19-15(22)12-7-4-8-24-12/h2-8H,9H2,1H3,(H,19,22)(H3,18,20,21,23). The number of nitrogens with zero attached hydrogens (tertiary/aromatic N) is 1. The van der Waals surface area contributed by atoms with Gasteiger partial charge >= 0.3 is 0 Å². The van der Waals surface area contributed by atoms with E-state index in [1.807, 2.05) is 31.2 Å². The summed E-state index contributed by atoms with van der Waals surface area (Å²) in [4.78, 5) is 31.0. The Balaban J connectivity index is 1.75. The van der Waals surface area contributed by atoms with Crippen molar-refractivity contribution < 1.29 is 9.21 Å². The first-order valence-corrected chi connectivity index (χ1v) is 8.45. The van der Waals surface area contributed by atoms with Gasteiger partial charge < -0.3 is 15.5 Å². The second-order valence-corrected chi connectivity index (χ2v) is 6.24. The molecule has 0 saturated heterocycles. The topological polar surface area (TPSA) is 114 Å². The second kappa shape index (κ2) is 7.27. The van der Waals surface area contributed by atoms with Gasteiger partial charge in [0.2, 0.25) is 0 Å². The minimum Gasteiger partial charge on any atom is -0.459 e. The van der Waals surface area contributed by atoms with Crippen LogP contribution in [-0.2, 0) is 5.75 Å².